The molecule has 0 aromatic carbocycles. The summed E-state index contributed by atoms with van der Waals surface area (Å²) in [6, 6.07) is 0.792. The monoisotopic (exact) mass is 297 g/mol. The number of piperidine rings is 1. The lowest BCUT2D eigenvalue weighted by Crippen LogP contribution is -2.53. The molecule has 0 spiro atoms. The van der Waals surface area contributed by atoms with Gasteiger partial charge in [-0.15, -0.1) is 0 Å². The molecule has 124 valence electrons. The van der Waals surface area contributed by atoms with E-state index in [9.17, 15) is 4.79 Å². The first kappa shape index (κ1) is 18.4. The number of nitrogens with two attached hydrogens (primary N) is 1. The van der Waals surface area contributed by atoms with Crippen molar-refractivity contribution in [1.29, 1.82) is 0 Å². The maximum atomic E-state index is 11.6. The Bertz CT molecular complexity index is 306. The molecule has 4 nitrogen and oxygen atoms in total. The third-order valence-corrected chi connectivity index (χ3v) is 4.85. The zero-order valence-corrected chi connectivity index (χ0v) is 14.3. The summed E-state index contributed by atoms with van der Waals surface area (Å²) < 4.78 is 0. The molecule has 2 unspecified atom stereocenters. The fraction of sp³-hybridized carbons (Fsp3) is 0.941. The summed E-state index contributed by atoms with van der Waals surface area (Å²) in [4.78, 5) is 14.3. The van der Waals surface area contributed by atoms with Crippen LogP contribution >= 0.6 is 0 Å². The molecule has 1 heterocycles. The zero-order valence-electron chi connectivity index (χ0n) is 14.3. The number of carbonyl (C=O) groups is 1. The number of nitrogens with one attached hydrogen (secondary N) is 1. The summed E-state index contributed by atoms with van der Waals surface area (Å²) >= 11 is 0. The van der Waals surface area contributed by atoms with Crippen molar-refractivity contribution >= 4 is 5.91 Å². The molecule has 0 radical (unpaired) electrons. The minimum Gasteiger partial charge on any atom is -0.368 e. The van der Waals surface area contributed by atoms with E-state index in [0.29, 0.717) is 0 Å². The van der Waals surface area contributed by atoms with E-state index >= 15 is 0 Å². The number of amides is 1. The van der Waals surface area contributed by atoms with Crippen molar-refractivity contribution < 1.29 is 4.79 Å². The van der Waals surface area contributed by atoms with Crippen LogP contribution in [0.15, 0.2) is 0 Å². The highest BCUT2D eigenvalue weighted by molar-refractivity contribution is 5.84. The van der Waals surface area contributed by atoms with Crippen molar-refractivity contribution in [3.8, 4) is 0 Å². The first-order valence-corrected chi connectivity index (χ1v) is 8.82. The second-order valence-corrected chi connectivity index (χ2v) is 6.66. The molecule has 1 rings (SSSR count). The Morgan fingerprint density at radius 1 is 1.33 bits per heavy atom. The molecule has 21 heavy (non-hydrogen) atoms. The van der Waals surface area contributed by atoms with Gasteiger partial charge in [0, 0.05) is 6.04 Å². The molecule has 0 aliphatic carbocycles. The Kier molecular flexibility index (Phi) is 8.27. The van der Waals surface area contributed by atoms with E-state index in [1.165, 1.54) is 45.2 Å². The van der Waals surface area contributed by atoms with Crippen LogP contribution in [0.4, 0.5) is 0 Å². The molecule has 0 aromatic heterocycles. The standard InChI is InChI=1S/C17H35N3O/c1-4-10-15-11-6-8-13-20(15)14-9-7-12-17(3,16(18)21)19-5-2/h15,19H,4-14H2,1-3H3,(H2,18,21). The average Bonchev–Trinajstić information content (AvgIpc) is 2.45. The first-order chi connectivity index (χ1) is 10.0. The van der Waals surface area contributed by atoms with Crippen LogP contribution in [0.1, 0.15) is 72.1 Å². The normalized spacial score (nSPS) is 22.9. The zero-order chi connectivity index (χ0) is 15.7. The summed E-state index contributed by atoms with van der Waals surface area (Å²) in [6.07, 6.45) is 9.76. The van der Waals surface area contributed by atoms with Crippen LogP contribution in [0.3, 0.4) is 0 Å². The molecule has 1 aliphatic heterocycles. The van der Waals surface area contributed by atoms with Gasteiger partial charge >= 0.3 is 0 Å². The number of hydrogen-bond acceptors (Lipinski definition) is 3. The number of carbonyl (C=O) groups excluding carboxylic acids is 1. The molecule has 4 heteroatoms. The predicted molar refractivity (Wildman–Crippen MR) is 89.2 cm³/mol. The number of nitrogens with zero attached hydrogens (tertiary/aromatic N) is 1. The Balaban J connectivity index is 2.32. The van der Waals surface area contributed by atoms with Gasteiger partial charge in [0.05, 0.1) is 5.54 Å². The van der Waals surface area contributed by atoms with E-state index in [-0.39, 0.29) is 5.91 Å². The number of likely N-dealkylation sites (tertiary alicyclic amines) is 1. The van der Waals surface area contributed by atoms with E-state index in [4.69, 9.17) is 5.73 Å². The van der Waals surface area contributed by atoms with Crippen molar-refractivity contribution in [2.24, 2.45) is 5.73 Å². The fourth-order valence-corrected chi connectivity index (χ4v) is 3.50. The van der Waals surface area contributed by atoms with Gasteiger partial charge in [-0.05, 0) is 65.1 Å². The van der Waals surface area contributed by atoms with E-state index in [1.807, 2.05) is 13.8 Å². The van der Waals surface area contributed by atoms with Crippen LogP contribution in [-0.2, 0) is 4.79 Å². The second kappa shape index (κ2) is 9.42. The Hall–Kier alpha value is -0.610. The number of likely N-dealkylation sites (N-methyl/N-ethyl adjacent to an activating group) is 1. The molecule has 0 aromatic rings. The number of primary amides is 1. The third kappa shape index (κ3) is 5.95. The average molecular weight is 297 g/mol. The highest BCUT2D eigenvalue weighted by atomic mass is 16.1. The molecular formula is C17H35N3O. The van der Waals surface area contributed by atoms with Gasteiger partial charge in [-0.25, -0.2) is 0 Å². The van der Waals surface area contributed by atoms with Gasteiger partial charge in [0.25, 0.3) is 0 Å². The fourth-order valence-electron chi connectivity index (χ4n) is 3.50. The Labute approximate surface area is 130 Å². The quantitative estimate of drug-likeness (QED) is 0.610. The van der Waals surface area contributed by atoms with Gasteiger partial charge in [-0.1, -0.05) is 26.7 Å². The topological polar surface area (TPSA) is 58.4 Å². The molecule has 3 N–H and O–H groups in total. The molecule has 1 aliphatic rings. The van der Waals surface area contributed by atoms with Gasteiger partial charge in [0.2, 0.25) is 5.91 Å². The van der Waals surface area contributed by atoms with Crippen LogP contribution in [0.2, 0.25) is 0 Å². The number of rotatable bonds is 10. The first-order valence-electron chi connectivity index (χ1n) is 8.82. The second-order valence-electron chi connectivity index (χ2n) is 6.66. The maximum Gasteiger partial charge on any atom is 0.237 e. The Morgan fingerprint density at radius 3 is 2.71 bits per heavy atom. The van der Waals surface area contributed by atoms with Crippen LogP contribution in [0.5, 0.6) is 0 Å². The molecular weight excluding hydrogens is 262 g/mol. The third-order valence-electron chi connectivity index (χ3n) is 4.85. The minimum atomic E-state index is -0.542. The molecule has 2 atom stereocenters. The SMILES string of the molecule is CCCC1CCCCN1CCCCC(C)(NCC)C(N)=O. The molecule has 0 saturated carbocycles. The van der Waals surface area contributed by atoms with Crippen LogP contribution in [-0.4, -0.2) is 42.0 Å². The van der Waals surface area contributed by atoms with Crippen molar-refractivity contribution in [2.45, 2.75) is 83.7 Å². The van der Waals surface area contributed by atoms with Gasteiger partial charge < -0.3 is 16.0 Å². The van der Waals surface area contributed by atoms with Gasteiger partial charge in [-0.2, -0.15) is 0 Å². The lowest BCUT2D eigenvalue weighted by atomic mass is 9.93. The predicted octanol–water partition coefficient (Wildman–Crippen LogP) is 2.66. The summed E-state index contributed by atoms with van der Waals surface area (Å²) in [5, 5.41) is 3.24. The summed E-state index contributed by atoms with van der Waals surface area (Å²) in [5.74, 6) is -0.230. The summed E-state index contributed by atoms with van der Waals surface area (Å²) in [7, 11) is 0. The molecule has 0 bridgehead atoms. The van der Waals surface area contributed by atoms with E-state index in [0.717, 1.165) is 31.8 Å². The molecule has 1 saturated heterocycles. The van der Waals surface area contributed by atoms with Crippen molar-refractivity contribution in [2.75, 3.05) is 19.6 Å². The molecule has 1 amide bonds. The van der Waals surface area contributed by atoms with Crippen molar-refractivity contribution in [3.05, 3.63) is 0 Å². The van der Waals surface area contributed by atoms with Crippen molar-refractivity contribution in [1.82, 2.24) is 10.2 Å². The molecule has 1 fully saturated rings. The van der Waals surface area contributed by atoms with E-state index < -0.39 is 5.54 Å². The number of unbranched alkanes of at least 4 members (excludes halogenated alkanes) is 1. The van der Waals surface area contributed by atoms with Gasteiger partial charge in [0.1, 0.15) is 0 Å². The van der Waals surface area contributed by atoms with E-state index in [1.54, 1.807) is 0 Å². The lowest BCUT2D eigenvalue weighted by molar-refractivity contribution is -0.124. The number of hydrogen-bond donors (Lipinski definition) is 2. The lowest BCUT2D eigenvalue weighted by Gasteiger charge is -2.36. The maximum absolute atomic E-state index is 11.6. The smallest absolute Gasteiger partial charge is 0.237 e. The minimum absolute atomic E-state index is 0.230. The highest BCUT2D eigenvalue weighted by Gasteiger charge is 2.29. The van der Waals surface area contributed by atoms with Gasteiger partial charge in [-0.3, -0.25) is 4.79 Å². The van der Waals surface area contributed by atoms with Crippen molar-refractivity contribution in [3.63, 3.8) is 0 Å². The summed E-state index contributed by atoms with van der Waals surface area (Å²) in [6.45, 7) is 9.44. The largest absolute Gasteiger partial charge is 0.368 e. The van der Waals surface area contributed by atoms with Crippen LogP contribution in [0.25, 0.3) is 0 Å². The van der Waals surface area contributed by atoms with Crippen LogP contribution < -0.4 is 11.1 Å². The highest BCUT2D eigenvalue weighted by Crippen LogP contribution is 2.22. The Morgan fingerprint density at radius 2 is 2.10 bits per heavy atom. The van der Waals surface area contributed by atoms with E-state index in [2.05, 4.69) is 17.1 Å². The summed E-state index contributed by atoms with van der Waals surface area (Å²) in [5.41, 5.74) is 4.99. The van der Waals surface area contributed by atoms with Gasteiger partial charge in [0.15, 0.2) is 0 Å². The van der Waals surface area contributed by atoms with Crippen LogP contribution in [0, 0.1) is 0 Å².